The third-order valence-corrected chi connectivity index (χ3v) is 6.18. The molecule has 1 aliphatic rings. The number of aryl methyl sites for hydroxylation is 1. The summed E-state index contributed by atoms with van der Waals surface area (Å²) in [6, 6.07) is 7.66. The van der Waals surface area contributed by atoms with Crippen LogP contribution < -0.4 is 10.6 Å². The van der Waals surface area contributed by atoms with Crippen molar-refractivity contribution in [3.8, 4) is 0 Å². The van der Waals surface area contributed by atoms with Crippen LogP contribution in [0.4, 0.5) is 10.8 Å². The third kappa shape index (κ3) is 5.57. The van der Waals surface area contributed by atoms with E-state index in [-0.39, 0.29) is 17.7 Å². The summed E-state index contributed by atoms with van der Waals surface area (Å²) in [4.78, 5) is 29.6. The summed E-state index contributed by atoms with van der Waals surface area (Å²) in [5.41, 5.74) is 1.70. The molecule has 0 saturated heterocycles. The fourth-order valence-corrected chi connectivity index (χ4v) is 4.45. The Bertz CT molecular complexity index is 770. The van der Waals surface area contributed by atoms with Gasteiger partial charge < -0.3 is 10.6 Å². The molecule has 5 nitrogen and oxygen atoms in total. The van der Waals surface area contributed by atoms with Crippen LogP contribution in [0, 0.1) is 12.8 Å². The van der Waals surface area contributed by atoms with Crippen LogP contribution in [0.5, 0.6) is 0 Å². The first kappa shape index (κ1) is 18.9. The SMILES string of the molecule is Cc1csc(NC(=O)CSc2cccc(NC(=O)C3CCCCC3)c2)n1. The molecular weight excluding hydrogens is 366 g/mol. The van der Waals surface area contributed by atoms with Crippen LogP contribution in [0.15, 0.2) is 34.5 Å². The first-order valence-electron chi connectivity index (χ1n) is 8.86. The van der Waals surface area contributed by atoms with Crippen LogP contribution in [-0.4, -0.2) is 22.6 Å². The molecule has 1 fully saturated rings. The highest BCUT2D eigenvalue weighted by atomic mass is 32.2. The van der Waals surface area contributed by atoms with E-state index in [0.29, 0.717) is 10.9 Å². The standard InChI is InChI=1S/C19H23N3O2S2/c1-13-11-26-19(20-13)22-17(23)12-25-16-9-5-8-15(10-16)21-18(24)14-6-3-2-4-7-14/h5,8-11,14H,2-4,6-7,12H2,1H3,(H,21,24)(H,20,22,23). The van der Waals surface area contributed by atoms with Crippen molar-refractivity contribution in [2.45, 2.75) is 43.9 Å². The molecule has 1 saturated carbocycles. The summed E-state index contributed by atoms with van der Waals surface area (Å²) in [5.74, 6) is 0.468. The molecule has 1 aromatic carbocycles. The Kier molecular flexibility index (Phi) is 6.68. The van der Waals surface area contributed by atoms with Gasteiger partial charge in [0.2, 0.25) is 11.8 Å². The minimum absolute atomic E-state index is 0.0824. The summed E-state index contributed by atoms with van der Waals surface area (Å²) >= 11 is 2.87. The van der Waals surface area contributed by atoms with Crippen molar-refractivity contribution < 1.29 is 9.59 Å². The van der Waals surface area contributed by atoms with Crippen LogP contribution in [0.3, 0.4) is 0 Å². The first-order chi connectivity index (χ1) is 12.6. The molecule has 0 atom stereocenters. The highest BCUT2D eigenvalue weighted by Crippen LogP contribution is 2.26. The molecular formula is C19H23N3O2S2. The Morgan fingerprint density at radius 2 is 2.04 bits per heavy atom. The minimum Gasteiger partial charge on any atom is -0.326 e. The zero-order chi connectivity index (χ0) is 18.4. The summed E-state index contributed by atoms with van der Waals surface area (Å²) in [5, 5.41) is 8.35. The number of thioether (sulfide) groups is 1. The number of hydrogen-bond acceptors (Lipinski definition) is 5. The van der Waals surface area contributed by atoms with Gasteiger partial charge in [0.15, 0.2) is 5.13 Å². The number of carbonyl (C=O) groups excluding carboxylic acids is 2. The number of amides is 2. The van der Waals surface area contributed by atoms with Gasteiger partial charge in [-0.15, -0.1) is 23.1 Å². The fourth-order valence-electron chi connectivity index (χ4n) is 2.99. The maximum absolute atomic E-state index is 12.4. The molecule has 0 radical (unpaired) electrons. The number of thiazole rings is 1. The number of hydrogen-bond donors (Lipinski definition) is 2. The summed E-state index contributed by atoms with van der Waals surface area (Å²) in [6.45, 7) is 1.90. The van der Waals surface area contributed by atoms with Crippen LogP contribution in [0.2, 0.25) is 0 Å². The third-order valence-electron chi connectivity index (χ3n) is 4.31. The minimum atomic E-state index is -0.0824. The van der Waals surface area contributed by atoms with Crippen molar-refractivity contribution >= 4 is 45.7 Å². The lowest BCUT2D eigenvalue weighted by Crippen LogP contribution is -2.24. The monoisotopic (exact) mass is 389 g/mol. The fraction of sp³-hybridized carbons (Fsp3) is 0.421. The van der Waals surface area contributed by atoms with Crippen molar-refractivity contribution in [2.75, 3.05) is 16.4 Å². The van der Waals surface area contributed by atoms with E-state index in [9.17, 15) is 9.59 Å². The van der Waals surface area contributed by atoms with Crippen molar-refractivity contribution in [1.29, 1.82) is 0 Å². The maximum Gasteiger partial charge on any atom is 0.236 e. The van der Waals surface area contributed by atoms with Crippen molar-refractivity contribution in [3.05, 3.63) is 35.3 Å². The molecule has 2 amide bonds. The predicted molar refractivity (Wildman–Crippen MR) is 108 cm³/mol. The number of nitrogens with one attached hydrogen (secondary N) is 2. The van der Waals surface area contributed by atoms with Gasteiger partial charge in [0.05, 0.1) is 11.4 Å². The van der Waals surface area contributed by atoms with Gasteiger partial charge in [-0.05, 0) is 38.0 Å². The number of anilines is 2. The number of carbonyl (C=O) groups is 2. The zero-order valence-electron chi connectivity index (χ0n) is 14.8. The van der Waals surface area contributed by atoms with Gasteiger partial charge in [-0.2, -0.15) is 0 Å². The average Bonchev–Trinajstić information content (AvgIpc) is 3.06. The van der Waals surface area contributed by atoms with Crippen LogP contribution in [-0.2, 0) is 9.59 Å². The van der Waals surface area contributed by atoms with E-state index in [2.05, 4.69) is 15.6 Å². The van der Waals surface area contributed by atoms with Gasteiger partial charge >= 0.3 is 0 Å². The van der Waals surface area contributed by atoms with Crippen molar-refractivity contribution in [3.63, 3.8) is 0 Å². The van der Waals surface area contributed by atoms with E-state index in [1.807, 2.05) is 36.6 Å². The number of benzene rings is 1. The lowest BCUT2D eigenvalue weighted by molar-refractivity contribution is -0.120. The van der Waals surface area contributed by atoms with Gasteiger partial charge in [-0.25, -0.2) is 4.98 Å². The number of nitrogens with zero attached hydrogens (tertiary/aromatic N) is 1. The normalized spacial score (nSPS) is 14.8. The molecule has 1 heterocycles. The molecule has 1 aromatic heterocycles. The lowest BCUT2D eigenvalue weighted by Gasteiger charge is -2.20. The summed E-state index contributed by atoms with van der Waals surface area (Å²) in [6.07, 6.45) is 5.48. The summed E-state index contributed by atoms with van der Waals surface area (Å²) in [7, 11) is 0. The molecule has 0 unspecified atom stereocenters. The second-order valence-corrected chi connectivity index (χ2v) is 8.39. The maximum atomic E-state index is 12.4. The molecule has 1 aliphatic carbocycles. The Morgan fingerprint density at radius 3 is 2.77 bits per heavy atom. The quantitative estimate of drug-likeness (QED) is 0.703. The zero-order valence-corrected chi connectivity index (χ0v) is 16.4. The first-order valence-corrected chi connectivity index (χ1v) is 10.7. The van der Waals surface area contributed by atoms with Gasteiger partial charge in [0, 0.05) is 21.9 Å². The molecule has 26 heavy (non-hydrogen) atoms. The van der Waals surface area contributed by atoms with Crippen LogP contribution in [0.1, 0.15) is 37.8 Å². The van der Waals surface area contributed by atoms with E-state index >= 15 is 0 Å². The molecule has 0 bridgehead atoms. The Hall–Kier alpha value is -1.86. The van der Waals surface area contributed by atoms with Crippen LogP contribution >= 0.6 is 23.1 Å². The highest BCUT2D eigenvalue weighted by molar-refractivity contribution is 8.00. The Labute approximate surface area is 162 Å². The molecule has 138 valence electrons. The van der Waals surface area contributed by atoms with E-state index in [4.69, 9.17) is 0 Å². The van der Waals surface area contributed by atoms with Crippen LogP contribution in [0.25, 0.3) is 0 Å². The smallest absolute Gasteiger partial charge is 0.236 e. The predicted octanol–water partition coefficient (Wildman–Crippen LogP) is 4.70. The lowest BCUT2D eigenvalue weighted by atomic mass is 9.88. The van der Waals surface area contributed by atoms with Gasteiger partial charge in [0.1, 0.15) is 0 Å². The summed E-state index contributed by atoms with van der Waals surface area (Å²) < 4.78 is 0. The second kappa shape index (κ2) is 9.19. The van der Waals surface area contributed by atoms with Crippen molar-refractivity contribution in [2.24, 2.45) is 5.92 Å². The van der Waals surface area contributed by atoms with Crippen molar-refractivity contribution in [1.82, 2.24) is 4.98 Å². The second-order valence-electron chi connectivity index (χ2n) is 6.48. The van der Waals surface area contributed by atoms with Gasteiger partial charge in [-0.1, -0.05) is 25.3 Å². The van der Waals surface area contributed by atoms with E-state index < -0.39 is 0 Å². The van der Waals surface area contributed by atoms with E-state index in [0.717, 1.165) is 42.0 Å². The number of rotatable bonds is 6. The molecule has 7 heteroatoms. The molecule has 0 aliphatic heterocycles. The van der Waals surface area contributed by atoms with E-state index in [1.54, 1.807) is 0 Å². The Morgan fingerprint density at radius 1 is 1.23 bits per heavy atom. The van der Waals surface area contributed by atoms with Gasteiger partial charge in [-0.3, -0.25) is 9.59 Å². The Balaban J connectivity index is 1.50. The molecule has 0 spiro atoms. The van der Waals surface area contributed by atoms with Gasteiger partial charge in [0.25, 0.3) is 0 Å². The highest BCUT2D eigenvalue weighted by Gasteiger charge is 2.21. The van der Waals surface area contributed by atoms with E-state index in [1.165, 1.54) is 29.5 Å². The average molecular weight is 390 g/mol. The molecule has 2 aromatic rings. The topological polar surface area (TPSA) is 71.1 Å². The molecule has 2 N–H and O–H groups in total. The molecule has 3 rings (SSSR count). The largest absolute Gasteiger partial charge is 0.326 e. The number of aromatic nitrogens is 1.